The minimum Gasteiger partial charge on any atom is -0.378 e. The van der Waals surface area contributed by atoms with Gasteiger partial charge >= 0.3 is 0 Å². The largest absolute Gasteiger partial charge is 0.378 e. The summed E-state index contributed by atoms with van der Waals surface area (Å²) >= 11 is 0. The van der Waals surface area contributed by atoms with Gasteiger partial charge in [0.25, 0.3) is 0 Å². The SMILES string of the molecule is CCC1CN(CCCC(=O)N2CCOCC2)C(CC)CN1. The Morgan fingerprint density at radius 2 is 2.00 bits per heavy atom. The first kappa shape index (κ1) is 16.7. The van der Waals surface area contributed by atoms with E-state index in [4.69, 9.17) is 4.74 Å². The van der Waals surface area contributed by atoms with Gasteiger partial charge < -0.3 is 15.0 Å². The van der Waals surface area contributed by atoms with Crippen molar-refractivity contribution in [3.8, 4) is 0 Å². The third-order valence-corrected chi connectivity index (χ3v) is 4.78. The Balaban J connectivity index is 1.71. The Morgan fingerprint density at radius 1 is 1.24 bits per heavy atom. The number of nitrogens with one attached hydrogen (secondary N) is 1. The molecule has 1 amide bonds. The first-order chi connectivity index (χ1) is 10.2. The molecule has 1 N–H and O–H groups in total. The molecule has 2 rings (SSSR count). The van der Waals surface area contributed by atoms with E-state index in [0.29, 0.717) is 37.6 Å². The zero-order valence-corrected chi connectivity index (χ0v) is 13.6. The van der Waals surface area contributed by atoms with Gasteiger partial charge in [0.1, 0.15) is 0 Å². The number of piperazine rings is 1. The van der Waals surface area contributed by atoms with E-state index in [2.05, 4.69) is 24.1 Å². The van der Waals surface area contributed by atoms with Crippen molar-refractivity contribution in [3.05, 3.63) is 0 Å². The summed E-state index contributed by atoms with van der Waals surface area (Å²) in [5.41, 5.74) is 0. The molecule has 21 heavy (non-hydrogen) atoms. The van der Waals surface area contributed by atoms with Gasteiger partial charge in [0.05, 0.1) is 13.2 Å². The number of hydrogen-bond donors (Lipinski definition) is 1. The molecule has 5 nitrogen and oxygen atoms in total. The van der Waals surface area contributed by atoms with E-state index < -0.39 is 0 Å². The molecule has 0 saturated carbocycles. The summed E-state index contributed by atoms with van der Waals surface area (Å²) < 4.78 is 5.29. The van der Waals surface area contributed by atoms with Crippen molar-refractivity contribution in [2.45, 2.75) is 51.6 Å². The van der Waals surface area contributed by atoms with Gasteiger partial charge in [-0.15, -0.1) is 0 Å². The summed E-state index contributed by atoms with van der Waals surface area (Å²) in [5, 5.41) is 3.62. The predicted molar refractivity (Wildman–Crippen MR) is 84.4 cm³/mol. The second-order valence-corrected chi connectivity index (χ2v) is 6.17. The third kappa shape index (κ3) is 4.94. The number of amides is 1. The van der Waals surface area contributed by atoms with Crippen molar-refractivity contribution in [2.75, 3.05) is 45.9 Å². The lowest BCUT2D eigenvalue weighted by atomic mass is 10.0. The van der Waals surface area contributed by atoms with Crippen molar-refractivity contribution in [2.24, 2.45) is 0 Å². The van der Waals surface area contributed by atoms with E-state index in [1.165, 1.54) is 12.8 Å². The van der Waals surface area contributed by atoms with E-state index in [1.807, 2.05) is 4.90 Å². The van der Waals surface area contributed by atoms with Crippen LogP contribution in [0.2, 0.25) is 0 Å². The number of hydrogen-bond acceptors (Lipinski definition) is 4. The molecule has 0 aliphatic carbocycles. The van der Waals surface area contributed by atoms with Gasteiger partial charge in [0, 0.05) is 44.7 Å². The average molecular weight is 297 g/mol. The maximum atomic E-state index is 12.2. The van der Waals surface area contributed by atoms with Crippen LogP contribution in [-0.4, -0.2) is 73.7 Å². The smallest absolute Gasteiger partial charge is 0.222 e. The van der Waals surface area contributed by atoms with Crippen LogP contribution in [-0.2, 0) is 9.53 Å². The third-order valence-electron chi connectivity index (χ3n) is 4.78. The molecule has 0 radical (unpaired) electrons. The molecule has 0 spiro atoms. The standard InChI is InChI=1S/C16H31N3O2/c1-3-14-13-19(15(4-2)12-17-14)7-5-6-16(20)18-8-10-21-11-9-18/h14-15,17H,3-13H2,1-2H3. The highest BCUT2D eigenvalue weighted by atomic mass is 16.5. The molecule has 0 aromatic carbocycles. The number of nitrogens with zero attached hydrogens (tertiary/aromatic N) is 2. The quantitative estimate of drug-likeness (QED) is 0.797. The highest BCUT2D eigenvalue weighted by Gasteiger charge is 2.25. The number of ether oxygens (including phenoxy) is 1. The zero-order valence-electron chi connectivity index (χ0n) is 13.6. The summed E-state index contributed by atoms with van der Waals surface area (Å²) in [6.45, 7) is 10.7. The van der Waals surface area contributed by atoms with Crippen molar-refractivity contribution in [1.82, 2.24) is 15.1 Å². The Hall–Kier alpha value is -0.650. The molecule has 2 aliphatic rings. The van der Waals surface area contributed by atoms with Crippen LogP contribution in [0.25, 0.3) is 0 Å². The normalized spacial score (nSPS) is 27.8. The molecule has 0 aromatic heterocycles. The van der Waals surface area contributed by atoms with E-state index in [9.17, 15) is 4.79 Å². The average Bonchev–Trinajstić information content (AvgIpc) is 2.55. The molecule has 2 fully saturated rings. The van der Waals surface area contributed by atoms with Gasteiger partial charge in [-0.25, -0.2) is 0 Å². The summed E-state index contributed by atoms with van der Waals surface area (Å²) in [5.74, 6) is 0.300. The van der Waals surface area contributed by atoms with Gasteiger partial charge in [-0.3, -0.25) is 9.69 Å². The highest BCUT2D eigenvalue weighted by molar-refractivity contribution is 5.76. The Kier molecular flexibility index (Phi) is 6.93. The van der Waals surface area contributed by atoms with Gasteiger partial charge in [-0.1, -0.05) is 13.8 Å². The molecule has 2 heterocycles. The Morgan fingerprint density at radius 3 is 2.67 bits per heavy atom. The zero-order chi connectivity index (χ0) is 15.1. The number of morpholine rings is 1. The molecule has 2 atom stereocenters. The van der Waals surface area contributed by atoms with E-state index in [1.54, 1.807) is 0 Å². The van der Waals surface area contributed by atoms with Gasteiger partial charge in [0.15, 0.2) is 0 Å². The summed E-state index contributed by atoms with van der Waals surface area (Å²) in [4.78, 5) is 16.7. The first-order valence-corrected chi connectivity index (χ1v) is 8.57. The minimum atomic E-state index is 0.300. The maximum absolute atomic E-state index is 12.2. The van der Waals surface area contributed by atoms with Gasteiger partial charge in [-0.2, -0.15) is 0 Å². The van der Waals surface area contributed by atoms with Crippen LogP contribution in [0.15, 0.2) is 0 Å². The van der Waals surface area contributed by atoms with Crippen LogP contribution in [0, 0.1) is 0 Å². The number of rotatable bonds is 6. The van der Waals surface area contributed by atoms with Crippen LogP contribution < -0.4 is 5.32 Å². The summed E-state index contributed by atoms with van der Waals surface area (Å²) in [7, 11) is 0. The lowest BCUT2D eigenvalue weighted by Crippen LogP contribution is -2.56. The van der Waals surface area contributed by atoms with Crippen LogP contribution in [0.1, 0.15) is 39.5 Å². The first-order valence-electron chi connectivity index (χ1n) is 8.57. The van der Waals surface area contributed by atoms with Crippen molar-refractivity contribution in [3.63, 3.8) is 0 Å². The molecular formula is C16H31N3O2. The molecule has 5 heteroatoms. The van der Waals surface area contributed by atoms with Crippen LogP contribution in [0.4, 0.5) is 0 Å². The second-order valence-electron chi connectivity index (χ2n) is 6.17. The molecule has 122 valence electrons. The lowest BCUT2D eigenvalue weighted by Gasteiger charge is -2.40. The fourth-order valence-corrected chi connectivity index (χ4v) is 3.28. The molecule has 0 aromatic rings. The fraction of sp³-hybridized carbons (Fsp3) is 0.938. The monoisotopic (exact) mass is 297 g/mol. The second kappa shape index (κ2) is 8.71. The topological polar surface area (TPSA) is 44.8 Å². The van der Waals surface area contributed by atoms with Crippen LogP contribution in [0.5, 0.6) is 0 Å². The highest BCUT2D eigenvalue weighted by Crippen LogP contribution is 2.13. The van der Waals surface area contributed by atoms with Crippen LogP contribution >= 0.6 is 0 Å². The van der Waals surface area contributed by atoms with Crippen molar-refractivity contribution >= 4 is 5.91 Å². The minimum absolute atomic E-state index is 0.300. The Labute approximate surface area is 129 Å². The molecule has 2 unspecified atom stereocenters. The molecule has 2 aliphatic heterocycles. The van der Waals surface area contributed by atoms with Crippen molar-refractivity contribution in [1.29, 1.82) is 0 Å². The Bertz CT molecular complexity index is 319. The fourth-order valence-electron chi connectivity index (χ4n) is 3.28. The lowest BCUT2D eigenvalue weighted by molar-refractivity contribution is -0.135. The van der Waals surface area contributed by atoms with Crippen LogP contribution in [0.3, 0.4) is 0 Å². The predicted octanol–water partition coefficient (Wildman–Crippen LogP) is 1.09. The van der Waals surface area contributed by atoms with E-state index in [-0.39, 0.29) is 0 Å². The summed E-state index contributed by atoms with van der Waals surface area (Å²) in [6.07, 6.45) is 4.01. The molecular weight excluding hydrogens is 266 g/mol. The number of carbonyl (C=O) groups excluding carboxylic acids is 1. The van der Waals surface area contributed by atoms with E-state index >= 15 is 0 Å². The summed E-state index contributed by atoms with van der Waals surface area (Å²) in [6, 6.07) is 1.24. The maximum Gasteiger partial charge on any atom is 0.222 e. The van der Waals surface area contributed by atoms with E-state index in [0.717, 1.165) is 39.1 Å². The van der Waals surface area contributed by atoms with Gasteiger partial charge in [0.2, 0.25) is 5.91 Å². The molecule has 0 bridgehead atoms. The molecule has 2 saturated heterocycles. The van der Waals surface area contributed by atoms with Crippen molar-refractivity contribution < 1.29 is 9.53 Å². The van der Waals surface area contributed by atoms with Gasteiger partial charge in [-0.05, 0) is 25.8 Å². The number of carbonyl (C=O) groups is 1.